The van der Waals surface area contributed by atoms with Crippen molar-refractivity contribution in [3.63, 3.8) is 0 Å². The molecule has 0 atom stereocenters. The first-order valence-corrected chi connectivity index (χ1v) is 20.7. The van der Waals surface area contributed by atoms with E-state index in [1.807, 2.05) is 0 Å². The van der Waals surface area contributed by atoms with Crippen molar-refractivity contribution in [2.24, 2.45) is 0 Å². The fraction of sp³-hybridized carbons (Fsp3) is 0.143. The van der Waals surface area contributed by atoms with E-state index in [4.69, 9.17) is 0 Å². The summed E-state index contributed by atoms with van der Waals surface area (Å²) in [4.78, 5) is 0. The van der Waals surface area contributed by atoms with Gasteiger partial charge in [-0.2, -0.15) is 0 Å². The topological polar surface area (TPSA) is 9.86 Å². The van der Waals surface area contributed by atoms with Gasteiger partial charge in [-0.25, -0.2) is 0 Å². The van der Waals surface area contributed by atoms with Gasteiger partial charge in [-0.3, -0.25) is 0 Å². The smallest absolute Gasteiger partial charge is 0.0541 e. The minimum Gasteiger partial charge on any atom is -0.309 e. The number of hydrogen-bond acceptors (Lipinski definition) is 0. The number of fused-ring (bicyclic) bond motifs is 7. The summed E-state index contributed by atoms with van der Waals surface area (Å²) in [5.41, 5.74) is 17.9. The van der Waals surface area contributed by atoms with Gasteiger partial charge in [0.15, 0.2) is 0 Å². The van der Waals surface area contributed by atoms with Crippen molar-refractivity contribution in [3.05, 3.63) is 193 Å². The highest BCUT2D eigenvalue weighted by Gasteiger charge is 2.37. The van der Waals surface area contributed by atoms with Gasteiger partial charge in [-0.05, 0) is 135 Å². The second-order valence-electron chi connectivity index (χ2n) is 17.7. The fourth-order valence-corrected chi connectivity index (χ4v) is 9.89. The van der Waals surface area contributed by atoms with Crippen molar-refractivity contribution < 1.29 is 0 Å². The maximum Gasteiger partial charge on any atom is 0.0541 e. The fourth-order valence-electron chi connectivity index (χ4n) is 9.89. The highest BCUT2D eigenvalue weighted by molar-refractivity contribution is 6.12. The first-order chi connectivity index (χ1) is 28.2. The molecule has 0 bridgehead atoms. The molecule has 0 N–H and O–H groups in total. The quantitative estimate of drug-likeness (QED) is 0.166. The average Bonchev–Trinajstić information content (AvgIpc) is 3.77. The van der Waals surface area contributed by atoms with Crippen LogP contribution in [0.3, 0.4) is 0 Å². The average molecular weight is 747 g/mol. The number of nitrogens with zero attached hydrogens (tertiary/aromatic N) is 2. The maximum atomic E-state index is 2.48. The van der Waals surface area contributed by atoms with Gasteiger partial charge in [0.25, 0.3) is 0 Å². The molecule has 1 aliphatic rings. The Bertz CT molecular complexity index is 3110. The van der Waals surface area contributed by atoms with Crippen LogP contribution >= 0.6 is 0 Å². The molecular weight excluding hydrogens is 701 g/mol. The molecule has 8 aromatic carbocycles. The lowest BCUT2D eigenvalue weighted by atomic mass is 9.63. The number of hydrogen-bond donors (Lipinski definition) is 0. The number of aromatic nitrogens is 2. The van der Waals surface area contributed by atoms with Gasteiger partial charge >= 0.3 is 0 Å². The summed E-state index contributed by atoms with van der Waals surface area (Å²) >= 11 is 0. The van der Waals surface area contributed by atoms with E-state index in [1.165, 1.54) is 107 Å². The summed E-state index contributed by atoms with van der Waals surface area (Å²) in [5, 5.41) is 5.05. The Balaban J connectivity index is 1.06. The van der Waals surface area contributed by atoms with Crippen molar-refractivity contribution >= 4 is 43.6 Å². The maximum absolute atomic E-state index is 2.48. The zero-order valence-electron chi connectivity index (χ0n) is 33.6. The Labute approximate surface area is 340 Å². The monoisotopic (exact) mass is 746 g/mol. The highest BCUT2D eigenvalue weighted by atomic mass is 15.0. The summed E-state index contributed by atoms with van der Waals surface area (Å²) in [6, 6.07) is 67.6. The van der Waals surface area contributed by atoms with Gasteiger partial charge < -0.3 is 9.13 Å². The van der Waals surface area contributed by atoms with Crippen LogP contribution in [0.1, 0.15) is 51.7 Å². The first-order valence-electron chi connectivity index (χ1n) is 20.7. The second kappa shape index (κ2) is 12.9. The third kappa shape index (κ3) is 5.46. The van der Waals surface area contributed by atoms with E-state index in [1.54, 1.807) is 0 Å². The number of rotatable bonds is 5. The van der Waals surface area contributed by atoms with E-state index in [9.17, 15) is 0 Å². The van der Waals surface area contributed by atoms with Crippen molar-refractivity contribution in [2.75, 3.05) is 0 Å². The predicted molar refractivity (Wildman–Crippen MR) is 247 cm³/mol. The molecule has 11 rings (SSSR count). The minimum atomic E-state index is 0.141. The predicted octanol–water partition coefficient (Wildman–Crippen LogP) is 15.2. The Kier molecular flexibility index (Phi) is 7.72. The van der Waals surface area contributed by atoms with Gasteiger partial charge in [-0.1, -0.05) is 143 Å². The van der Waals surface area contributed by atoms with Crippen LogP contribution in [0.25, 0.3) is 88.4 Å². The molecule has 2 heterocycles. The Hall–Kier alpha value is -6.64. The third-order valence-corrected chi connectivity index (χ3v) is 13.2. The molecule has 0 unspecified atom stereocenters. The van der Waals surface area contributed by atoms with Crippen LogP contribution in [0.2, 0.25) is 0 Å². The summed E-state index contributed by atoms with van der Waals surface area (Å²) in [5.74, 6) is 0. The molecule has 2 aromatic heterocycles. The van der Waals surface area contributed by atoms with Crippen LogP contribution in [-0.4, -0.2) is 9.13 Å². The van der Waals surface area contributed by atoms with Crippen LogP contribution in [0.5, 0.6) is 0 Å². The summed E-state index contributed by atoms with van der Waals surface area (Å²) < 4.78 is 4.93. The molecular formula is C56H46N2. The molecule has 10 aromatic rings. The number of benzene rings is 8. The molecule has 0 saturated carbocycles. The minimum absolute atomic E-state index is 0.141. The van der Waals surface area contributed by atoms with Crippen LogP contribution in [0, 0.1) is 0 Å². The van der Waals surface area contributed by atoms with E-state index in [-0.39, 0.29) is 10.8 Å². The van der Waals surface area contributed by atoms with Crippen molar-refractivity contribution in [1.29, 1.82) is 0 Å². The van der Waals surface area contributed by atoms with Gasteiger partial charge in [0.05, 0.1) is 22.1 Å². The van der Waals surface area contributed by atoms with Gasteiger partial charge in [0.1, 0.15) is 0 Å². The lowest BCUT2D eigenvalue weighted by molar-refractivity contribution is 0.332. The zero-order valence-corrected chi connectivity index (χ0v) is 33.6. The molecule has 1 aliphatic carbocycles. The normalized spacial score (nSPS) is 14.7. The largest absolute Gasteiger partial charge is 0.309 e. The van der Waals surface area contributed by atoms with E-state index >= 15 is 0 Å². The second-order valence-corrected chi connectivity index (χ2v) is 17.7. The third-order valence-electron chi connectivity index (χ3n) is 13.2. The highest BCUT2D eigenvalue weighted by Crippen LogP contribution is 2.47. The molecule has 0 radical (unpaired) electrons. The number of para-hydroxylation sites is 1. The van der Waals surface area contributed by atoms with Gasteiger partial charge in [0.2, 0.25) is 0 Å². The standard InChI is InChI=1S/C56H46N2/c1-55(2)30-31-56(3,4)50-36-44(25-26-49(50)55)58-51-21-12-11-20-45(51)46-35-42(24-29-52(46)58)39-18-13-19-43(32-39)57-53-27-22-40(37-14-7-5-8-15-37)33-47(53)48-34-41(23-28-54(48)57)38-16-9-6-10-17-38/h5-29,32-36H,30-31H2,1-4H3. The molecule has 280 valence electrons. The van der Waals surface area contributed by atoms with Gasteiger partial charge in [-0.15, -0.1) is 0 Å². The van der Waals surface area contributed by atoms with E-state index in [2.05, 4.69) is 219 Å². The van der Waals surface area contributed by atoms with Crippen LogP contribution in [-0.2, 0) is 10.8 Å². The van der Waals surface area contributed by atoms with Crippen LogP contribution < -0.4 is 0 Å². The molecule has 0 spiro atoms. The van der Waals surface area contributed by atoms with Crippen LogP contribution in [0.15, 0.2) is 182 Å². The Morgan fingerprint density at radius 2 is 0.741 bits per heavy atom. The summed E-state index contributed by atoms with van der Waals surface area (Å²) in [7, 11) is 0. The molecule has 0 fully saturated rings. The van der Waals surface area contributed by atoms with E-state index < -0.39 is 0 Å². The van der Waals surface area contributed by atoms with Gasteiger partial charge in [0, 0.05) is 32.9 Å². The molecule has 58 heavy (non-hydrogen) atoms. The lowest BCUT2D eigenvalue weighted by Gasteiger charge is -2.42. The Morgan fingerprint density at radius 3 is 1.33 bits per heavy atom. The zero-order chi connectivity index (χ0) is 39.2. The molecule has 0 amide bonds. The first kappa shape index (κ1) is 34.6. The van der Waals surface area contributed by atoms with E-state index in [0.717, 1.165) is 5.69 Å². The lowest BCUT2D eigenvalue weighted by Crippen LogP contribution is -2.33. The molecule has 2 nitrogen and oxygen atoms in total. The van der Waals surface area contributed by atoms with Crippen LogP contribution in [0.4, 0.5) is 0 Å². The summed E-state index contributed by atoms with van der Waals surface area (Å²) in [6.45, 7) is 9.64. The van der Waals surface area contributed by atoms with Crippen molar-refractivity contribution in [2.45, 2.75) is 51.4 Å². The van der Waals surface area contributed by atoms with E-state index in [0.29, 0.717) is 0 Å². The Morgan fingerprint density at radius 1 is 0.310 bits per heavy atom. The summed E-state index contributed by atoms with van der Waals surface area (Å²) in [6.07, 6.45) is 2.41. The molecule has 0 saturated heterocycles. The molecule has 2 heteroatoms. The SMILES string of the molecule is CC1(C)CCC(C)(C)c2cc(-n3c4ccccc4c4cc(-c5cccc(-n6c7ccc(-c8ccccc8)cc7c7cc(-c8ccccc8)ccc76)c5)ccc43)ccc21. The van der Waals surface area contributed by atoms with Crippen molar-refractivity contribution in [3.8, 4) is 44.8 Å². The molecule has 0 aliphatic heterocycles. The van der Waals surface area contributed by atoms with Crippen molar-refractivity contribution in [1.82, 2.24) is 9.13 Å².